The standard InChI is InChI=1S/C17H27F3N6.HI/c1-11-24-25-15-8-3-12(10-26(11)15)9-22-16(21-2)23-14-6-4-13(5-7-14)17(18,19)20;/h12-14H,3-10H2,1-2H3,(H2,21,22,23);1H. The number of aliphatic imine (C=N–C) groups is 1. The quantitative estimate of drug-likeness (QED) is 0.381. The molecule has 10 heteroatoms. The number of fused-ring (bicyclic) bond motifs is 1. The maximum atomic E-state index is 12.8. The molecule has 1 fully saturated rings. The van der Waals surface area contributed by atoms with Crippen LogP contribution in [0.15, 0.2) is 4.99 Å². The lowest BCUT2D eigenvalue weighted by molar-refractivity contribution is -0.182. The second-order valence-corrected chi connectivity index (χ2v) is 7.37. The van der Waals surface area contributed by atoms with Gasteiger partial charge in [-0.25, -0.2) is 0 Å². The van der Waals surface area contributed by atoms with Gasteiger partial charge in [-0.05, 0) is 44.9 Å². The molecular weight excluding hydrogens is 472 g/mol. The summed E-state index contributed by atoms with van der Waals surface area (Å²) in [5.41, 5.74) is 0. The van der Waals surface area contributed by atoms with Crippen LogP contribution in [0.2, 0.25) is 0 Å². The van der Waals surface area contributed by atoms with E-state index in [0.29, 0.717) is 24.7 Å². The smallest absolute Gasteiger partial charge is 0.356 e. The van der Waals surface area contributed by atoms with Gasteiger partial charge in [0.2, 0.25) is 0 Å². The number of nitrogens with one attached hydrogen (secondary N) is 2. The molecule has 1 aliphatic heterocycles. The molecule has 6 nitrogen and oxygen atoms in total. The first-order chi connectivity index (χ1) is 12.4. The summed E-state index contributed by atoms with van der Waals surface area (Å²) in [7, 11) is 1.69. The highest BCUT2D eigenvalue weighted by molar-refractivity contribution is 14.0. The summed E-state index contributed by atoms with van der Waals surface area (Å²) in [4.78, 5) is 4.23. The van der Waals surface area contributed by atoms with E-state index in [1.165, 1.54) is 0 Å². The zero-order chi connectivity index (χ0) is 18.7. The average molecular weight is 500 g/mol. The van der Waals surface area contributed by atoms with Crippen molar-refractivity contribution in [2.45, 2.75) is 64.2 Å². The molecule has 154 valence electrons. The number of hydrogen-bond acceptors (Lipinski definition) is 3. The number of alkyl halides is 3. The van der Waals surface area contributed by atoms with E-state index in [4.69, 9.17) is 0 Å². The SMILES string of the molecule is CN=C(NCC1CCc2nnc(C)n2C1)NC1CCC(C(F)(F)F)CC1.I. The van der Waals surface area contributed by atoms with Crippen LogP contribution in [0.5, 0.6) is 0 Å². The minimum atomic E-state index is -4.06. The van der Waals surface area contributed by atoms with Gasteiger partial charge >= 0.3 is 6.18 Å². The van der Waals surface area contributed by atoms with E-state index in [1.54, 1.807) is 7.05 Å². The third kappa shape index (κ3) is 5.71. The molecule has 1 aromatic heterocycles. The summed E-state index contributed by atoms with van der Waals surface area (Å²) in [6.07, 6.45) is -0.674. The summed E-state index contributed by atoms with van der Waals surface area (Å²) in [6, 6.07) is 0.0536. The molecule has 2 N–H and O–H groups in total. The van der Waals surface area contributed by atoms with Crippen LogP contribution in [-0.2, 0) is 13.0 Å². The molecule has 1 aliphatic carbocycles. The van der Waals surface area contributed by atoms with Crippen LogP contribution < -0.4 is 10.6 Å². The van der Waals surface area contributed by atoms with Crippen molar-refractivity contribution < 1.29 is 13.2 Å². The van der Waals surface area contributed by atoms with Gasteiger partial charge in [0, 0.05) is 32.6 Å². The van der Waals surface area contributed by atoms with E-state index in [1.807, 2.05) is 6.92 Å². The van der Waals surface area contributed by atoms with Gasteiger partial charge in [0.05, 0.1) is 5.92 Å². The molecule has 0 amide bonds. The Kier molecular flexibility index (Phi) is 7.75. The van der Waals surface area contributed by atoms with E-state index >= 15 is 0 Å². The summed E-state index contributed by atoms with van der Waals surface area (Å²) in [6.45, 7) is 3.62. The Balaban J connectivity index is 0.00000261. The van der Waals surface area contributed by atoms with Crippen molar-refractivity contribution in [1.82, 2.24) is 25.4 Å². The number of rotatable bonds is 3. The van der Waals surface area contributed by atoms with Crippen LogP contribution in [0.4, 0.5) is 13.2 Å². The van der Waals surface area contributed by atoms with Gasteiger partial charge in [0.15, 0.2) is 5.96 Å². The lowest BCUT2D eigenvalue weighted by Gasteiger charge is -2.31. The van der Waals surface area contributed by atoms with Gasteiger partial charge in [0.25, 0.3) is 0 Å². The summed E-state index contributed by atoms with van der Waals surface area (Å²) < 4.78 is 40.5. The van der Waals surface area contributed by atoms with Gasteiger partial charge in [-0.15, -0.1) is 34.2 Å². The zero-order valence-electron chi connectivity index (χ0n) is 15.7. The fraction of sp³-hybridized carbons (Fsp3) is 0.824. The number of aryl methyl sites for hydroxylation is 2. The highest BCUT2D eigenvalue weighted by atomic mass is 127. The van der Waals surface area contributed by atoms with Crippen LogP contribution in [0.1, 0.15) is 43.8 Å². The molecule has 0 radical (unpaired) electrons. The van der Waals surface area contributed by atoms with E-state index in [0.717, 1.165) is 37.6 Å². The molecule has 1 aromatic rings. The maximum Gasteiger partial charge on any atom is 0.391 e. The number of halogens is 4. The third-order valence-corrected chi connectivity index (χ3v) is 5.54. The Morgan fingerprint density at radius 2 is 1.89 bits per heavy atom. The zero-order valence-corrected chi connectivity index (χ0v) is 18.1. The van der Waals surface area contributed by atoms with Crippen LogP contribution >= 0.6 is 24.0 Å². The van der Waals surface area contributed by atoms with Crippen molar-refractivity contribution in [2.24, 2.45) is 16.8 Å². The second kappa shape index (κ2) is 9.42. The van der Waals surface area contributed by atoms with Gasteiger partial charge in [0.1, 0.15) is 11.6 Å². The Morgan fingerprint density at radius 1 is 1.19 bits per heavy atom. The first-order valence-corrected chi connectivity index (χ1v) is 9.29. The van der Waals surface area contributed by atoms with Crippen molar-refractivity contribution >= 4 is 29.9 Å². The number of aromatic nitrogens is 3. The predicted octanol–water partition coefficient (Wildman–Crippen LogP) is 3.05. The lowest BCUT2D eigenvalue weighted by atomic mass is 9.85. The Morgan fingerprint density at radius 3 is 2.52 bits per heavy atom. The molecule has 27 heavy (non-hydrogen) atoms. The van der Waals surface area contributed by atoms with E-state index in [9.17, 15) is 13.2 Å². The molecule has 2 heterocycles. The van der Waals surface area contributed by atoms with Gasteiger partial charge < -0.3 is 15.2 Å². The van der Waals surface area contributed by atoms with Crippen LogP contribution in [0.3, 0.4) is 0 Å². The molecule has 1 unspecified atom stereocenters. The fourth-order valence-electron chi connectivity index (χ4n) is 3.89. The molecule has 0 saturated heterocycles. The van der Waals surface area contributed by atoms with Crippen molar-refractivity contribution in [2.75, 3.05) is 13.6 Å². The third-order valence-electron chi connectivity index (χ3n) is 5.54. The molecule has 2 aliphatic rings. The van der Waals surface area contributed by atoms with E-state index in [-0.39, 0.29) is 42.9 Å². The first-order valence-electron chi connectivity index (χ1n) is 9.29. The molecule has 0 spiro atoms. The van der Waals surface area contributed by atoms with E-state index < -0.39 is 12.1 Å². The van der Waals surface area contributed by atoms with Crippen molar-refractivity contribution in [1.29, 1.82) is 0 Å². The van der Waals surface area contributed by atoms with Crippen LogP contribution in [0.25, 0.3) is 0 Å². The first kappa shape index (κ1) is 22.2. The highest BCUT2D eigenvalue weighted by Crippen LogP contribution is 2.37. The molecule has 0 aromatic carbocycles. The number of nitrogens with zero attached hydrogens (tertiary/aromatic N) is 4. The van der Waals surface area contributed by atoms with Crippen molar-refractivity contribution in [3.63, 3.8) is 0 Å². The molecule has 3 rings (SSSR count). The monoisotopic (exact) mass is 500 g/mol. The molecule has 1 atom stereocenters. The molecular formula is C17H28F3IN6. The lowest BCUT2D eigenvalue weighted by Crippen LogP contribution is -2.47. The molecule has 1 saturated carbocycles. The summed E-state index contributed by atoms with van der Waals surface area (Å²) >= 11 is 0. The van der Waals surface area contributed by atoms with Gasteiger partial charge in [-0.3, -0.25) is 4.99 Å². The average Bonchev–Trinajstić information content (AvgIpc) is 2.99. The van der Waals surface area contributed by atoms with Gasteiger partial charge in [-0.2, -0.15) is 13.2 Å². The maximum absolute atomic E-state index is 12.8. The number of hydrogen-bond donors (Lipinski definition) is 2. The second-order valence-electron chi connectivity index (χ2n) is 7.37. The Bertz CT molecular complexity index is 637. The summed E-state index contributed by atoms with van der Waals surface area (Å²) in [5.74, 6) is 1.96. The van der Waals surface area contributed by atoms with Crippen molar-refractivity contribution in [3.8, 4) is 0 Å². The highest BCUT2D eigenvalue weighted by Gasteiger charge is 2.41. The van der Waals surface area contributed by atoms with Crippen LogP contribution in [0, 0.1) is 18.8 Å². The topological polar surface area (TPSA) is 67.1 Å². The fourth-order valence-corrected chi connectivity index (χ4v) is 3.89. The number of guanidine groups is 1. The van der Waals surface area contributed by atoms with Crippen molar-refractivity contribution in [3.05, 3.63) is 11.6 Å². The predicted molar refractivity (Wildman–Crippen MR) is 108 cm³/mol. The minimum absolute atomic E-state index is 0. The van der Waals surface area contributed by atoms with Crippen LogP contribution in [-0.4, -0.2) is 46.5 Å². The largest absolute Gasteiger partial charge is 0.391 e. The molecule has 0 bridgehead atoms. The Hall–Kier alpha value is -1.07. The van der Waals surface area contributed by atoms with E-state index in [2.05, 4.69) is 30.4 Å². The summed E-state index contributed by atoms with van der Waals surface area (Å²) in [5, 5.41) is 14.9. The Labute approximate surface area is 174 Å². The normalized spacial score (nSPS) is 26.1. The minimum Gasteiger partial charge on any atom is -0.356 e. The van der Waals surface area contributed by atoms with Gasteiger partial charge in [-0.1, -0.05) is 0 Å².